The Kier molecular flexibility index (Phi) is 16.0. The number of benzene rings is 1. The first-order valence-corrected chi connectivity index (χ1v) is 14.7. The van der Waals surface area contributed by atoms with Crippen molar-refractivity contribution in [3.8, 4) is 5.75 Å². The predicted octanol–water partition coefficient (Wildman–Crippen LogP) is 8.44. The van der Waals surface area contributed by atoms with Gasteiger partial charge in [0.2, 0.25) is 0 Å². The van der Waals surface area contributed by atoms with Gasteiger partial charge in [0.15, 0.2) is 12.4 Å². The highest BCUT2D eigenvalue weighted by Crippen LogP contribution is 2.26. The summed E-state index contributed by atoms with van der Waals surface area (Å²) in [7, 11) is 0. The molecule has 0 unspecified atom stereocenters. The second-order valence-electron chi connectivity index (χ2n) is 9.82. The molecule has 5 heteroatoms. The lowest BCUT2D eigenvalue weighted by molar-refractivity contribution is -0.693. The number of aromatic nitrogens is 1. The van der Waals surface area contributed by atoms with Crippen molar-refractivity contribution in [3.63, 3.8) is 0 Å². The minimum absolute atomic E-state index is 0.0907. The molecule has 200 valence electrons. The highest BCUT2D eigenvalue weighted by molar-refractivity contribution is 6.32. The Hall–Kier alpha value is -2.07. The third-order valence-corrected chi connectivity index (χ3v) is 6.99. The number of carbonyl (C=O) groups excluding carboxylic acids is 1. The van der Waals surface area contributed by atoms with Gasteiger partial charge in [0.25, 0.3) is 5.91 Å². The van der Waals surface area contributed by atoms with Gasteiger partial charge in [0.1, 0.15) is 17.9 Å². The van der Waals surface area contributed by atoms with E-state index in [9.17, 15) is 4.79 Å². The maximum Gasteiger partial charge on any atom is 0.257 e. The lowest BCUT2D eigenvalue weighted by Gasteiger charge is -2.10. The molecule has 0 fully saturated rings. The number of nitrogens with one attached hydrogen (secondary N) is 1. The molecule has 1 aromatic carbocycles. The number of pyridine rings is 1. The number of ether oxygens (including phenoxy) is 1. The van der Waals surface area contributed by atoms with Crippen LogP contribution in [0, 0.1) is 0 Å². The van der Waals surface area contributed by atoms with E-state index in [1.807, 2.05) is 54.2 Å². The lowest BCUT2D eigenvalue weighted by Crippen LogP contribution is -2.34. The van der Waals surface area contributed by atoms with Crippen molar-refractivity contribution in [2.45, 2.75) is 117 Å². The maximum absolute atomic E-state index is 12.4. The van der Waals surface area contributed by atoms with Crippen LogP contribution in [0.3, 0.4) is 0 Å². The fourth-order valence-electron chi connectivity index (χ4n) is 4.39. The molecular formula is C31H48ClN2O2+. The summed E-state index contributed by atoms with van der Waals surface area (Å²) in [6.45, 7) is 6.28. The lowest BCUT2D eigenvalue weighted by atomic mass is 10.0. The van der Waals surface area contributed by atoms with Crippen LogP contribution < -0.4 is 14.6 Å². The van der Waals surface area contributed by atoms with Gasteiger partial charge in [-0.15, -0.1) is 0 Å². The van der Waals surface area contributed by atoms with Gasteiger partial charge in [0.05, 0.1) is 11.6 Å². The average molecular weight is 516 g/mol. The Labute approximate surface area is 224 Å². The van der Waals surface area contributed by atoms with E-state index >= 15 is 0 Å². The summed E-state index contributed by atoms with van der Waals surface area (Å²) >= 11 is 6.43. The fourth-order valence-corrected chi connectivity index (χ4v) is 4.65. The predicted molar refractivity (Wildman–Crippen MR) is 151 cm³/mol. The van der Waals surface area contributed by atoms with Crippen LogP contribution in [0.1, 0.15) is 120 Å². The van der Waals surface area contributed by atoms with Gasteiger partial charge in [-0.05, 0) is 37.1 Å². The smallest absolute Gasteiger partial charge is 0.257 e. The van der Waals surface area contributed by atoms with E-state index in [1.165, 1.54) is 83.5 Å². The Bertz CT molecular complexity index is 871. The van der Waals surface area contributed by atoms with Crippen molar-refractivity contribution in [1.29, 1.82) is 0 Å². The van der Waals surface area contributed by atoms with E-state index in [-0.39, 0.29) is 5.91 Å². The topological polar surface area (TPSA) is 42.2 Å². The summed E-state index contributed by atoms with van der Waals surface area (Å²) in [5, 5.41) is 3.55. The molecule has 0 radical (unpaired) electrons. The number of rotatable bonds is 20. The SMILES string of the molecule is CCCCCCCCCCCCCCCCOc1ccc(CNC(=O)c2ccc[n+](CC)c2)cc1Cl. The van der Waals surface area contributed by atoms with Gasteiger partial charge in [-0.25, -0.2) is 4.57 Å². The number of nitrogens with zero attached hydrogens (tertiary/aromatic N) is 1. The number of carbonyl (C=O) groups is 1. The molecule has 0 saturated carbocycles. The van der Waals surface area contributed by atoms with E-state index < -0.39 is 0 Å². The van der Waals surface area contributed by atoms with Gasteiger partial charge in [-0.3, -0.25) is 4.79 Å². The van der Waals surface area contributed by atoms with Gasteiger partial charge in [0, 0.05) is 12.6 Å². The van der Waals surface area contributed by atoms with E-state index in [1.54, 1.807) is 0 Å². The van der Waals surface area contributed by atoms with Gasteiger partial charge >= 0.3 is 0 Å². The number of aryl methyl sites for hydroxylation is 1. The first-order valence-electron chi connectivity index (χ1n) is 14.3. The van der Waals surface area contributed by atoms with Crippen LogP contribution in [-0.2, 0) is 13.1 Å². The van der Waals surface area contributed by atoms with Crippen molar-refractivity contribution in [1.82, 2.24) is 5.32 Å². The Morgan fingerprint density at radius 3 is 2.06 bits per heavy atom. The molecule has 2 rings (SSSR count). The first kappa shape index (κ1) is 30.2. The maximum atomic E-state index is 12.4. The summed E-state index contributed by atoms with van der Waals surface area (Å²) in [4.78, 5) is 12.4. The van der Waals surface area contributed by atoms with Crippen molar-refractivity contribution in [3.05, 3.63) is 58.9 Å². The molecule has 0 bridgehead atoms. The zero-order chi connectivity index (χ0) is 25.8. The molecule has 0 atom stereocenters. The molecule has 1 heterocycles. The molecule has 1 N–H and O–H groups in total. The number of amides is 1. The van der Waals surface area contributed by atoms with Crippen molar-refractivity contribution >= 4 is 17.5 Å². The summed E-state index contributed by atoms with van der Waals surface area (Å²) in [6, 6.07) is 9.45. The van der Waals surface area contributed by atoms with Gasteiger partial charge in [-0.2, -0.15) is 0 Å². The first-order chi connectivity index (χ1) is 17.6. The van der Waals surface area contributed by atoms with E-state index in [2.05, 4.69) is 12.2 Å². The monoisotopic (exact) mass is 515 g/mol. The second-order valence-corrected chi connectivity index (χ2v) is 10.2. The molecule has 0 saturated heterocycles. The Morgan fingerprint density at radius 1 is 0.861 bits per heavy atom. The van der Waals surface area contributed by atoms with Crippen LogP contribution in [0.4, 0.5) is 0 Å². The largest absolute Gasteiger partial charge is 0.492 e. The minimum atomic E-state index is -0.0907. The number of halogens is 1. The summed E-state index contributed by atoms with van der Waals surface area (Å²) in [5.41, 5.74) is 1.61. The summed E-state index contributed by atoms with van der Waals surface area (Å²) in [6.07, 6.45) is 22.7. The standard InChI is InChI=1S/C31H47ClN2O2/c1-3-5-6-7-8-9-10-11-12-13-14-15-16-17-23-36-30-21-20-27(24-29(30)32)25-33-31(35)28-19-18-22-34(4-2)26-28/h18-22,24,26H,3-17,23,25H2,1-2H3/p+1. The fraction of sp³-hybridized carbons (Fsp3) is 0.613. The molecule has 4 nitrogen and oxygen atoms in total. The van der Waals surface area contributed by atoms with Crippen LogP contribution in [0.5, 0.6) is 5.75 Å². The van der Waals surface area contributed by atoms with E-state index in [4.69, 9.17) is 16.3 Å². The molecule has 0 spiro atoms. The minimum Gasteiger partial charge on any atom is -0.492 e. The molecule has 1 aromatic heterocycles. The normalized spacial score (nSPS) is 11.0. The average Bonchev–Trinajstić information content (AvgIpc) is 2.90. The number of hydrogen-bond donors (Lipinski definition) is 1. The van der Waals surface area contributed by atoms with Gasteiger partial charge in [-0.1, -0.05) is 108 Å². The van der Waals surface area contributed by atoms with Crippen LogP contribution >= 0.6 is 11.6 Å². The molecule has 1 amide bonds. The van der Waals surface area contributed by atoms with E-state index in [0.717, 1.165) is 18.5 Å². The zero-order valence-corrected chi connectivity index (χ0v) is 23.5. The van der Waals surface area contributed by atoms with Crippen LogP contribution in [0.2, 0.25) is 5.02 Å². The third-order valence-electron chi connectivity index (χ3n) is 6.69. The zero-order valence-electron chi connectivity index (χ0n) is 22.7. The third kappa shape index (κ3) is 12.8. The van der Waals surface area contributed by atoms with Crippen LogP contribution in [0.25, 0.3) is 0 Å². The highest BCUT2D eigenvalue weighted by Gasteiger charge is 2.10. The highest BCUT2D eigenvalue weighted by atomic mass is 35.5. The second kappa shape index (κ2) is 19.1. The van der Waals surface area contributed by atoms with Crippen molar-refractivity contribution in [2.75, 3.05) is 6.61 Å². The molecule has 2 aromatic rings. The van der Waals surface area contributed by atoms with Crippen molar-refractivity contribution in [2.24, 2.45) is 0 Å². The molecule has 36 heavy (non-hydrogen) atoms. The number of hydrogen-bond acceptors (Lipinski definition) is 2. The van der Waals surface area contributed by atoms with Crippen LogP contribution in [0.15, 0.2) is 42.7 Å². The van der Waals surface area contributed by atoms with Crippen LogP contribution in [-0.4, -0.2) is 12.5 Å². The summed E-state index contributed by atoms with van der Waals surface area (Å²) in [5.74, 6) is 0.625. The molecule has 0 aliphatic carbocycles. The molecule has 0 aliphatic rings. The Morgan fingerprint density at radius 2 is 1.47 bits per heavy atom. The number of unbranched alkanes of at least 4 members (excludes halogenated alkanes) is 13. The summed E-state index contributed by atoms with van der Waals surface area (Å²) < 4.78 is 7.88. The molecular weight excluding hydrogens is 468 g/mol. The van der Waals surface area contributed by atoms with Crippen molar-refractivity contribution < 1.29 is 14.1 Å². The quantitative estimate of drug-likeness (QED) is 0.142. The van der Waals surface area contributed by atoms with E-state index in [0.29, 0.717) is 29.5 Å². The molecule has 0 aliphatic heterocycles. The Balaban J connectivity index is 1.51. The van der Waals surface area contributed by atoms with Gasteiger partial charge < -0.3 is 10.1 Å².